The molecule has 0 radical (unpaired) electrons. The lowest BCUT2D eigenvalue weighted by atomic mass is 9.95. The number of nitrogens with zero attached hydrogens (tertiary/aromatic N) is 2. The number of carbonyl (C=O) groups excluding carboxylic acids is 1. The summed E-state index contributed by atoms with van der Waals surface area (Å²) in [5, 5.41) is 3.23. The third-order valence-corrected chi connectivity index (χ3v) is 5.20. The van der Waals surface area contributed by atoms with Gasteiger partial charge in [0.2, 0.25) is 5.91 Å². The Hall–Kier alpha value is -1.39. The second kappa shape index (κ2) is 7.93. The van der Waals surface area contributed by atoms with E-state index in [0.29, 0.717) is 11.9 Å². The monoisotopic (exact) mass is 315 g/mol. The van der Waals surface area contributed by atoms with E-state index in [9.17, 15) is 4.79 Å². The van der Waals surface area contributed by atoms with Gasteiger partial charge in [0, 0.05) is 32.2 Å². The van der Waals surface area contributed by atoms with E-state index < -0.39 is 0 Å². The molecule has 3 rings (SSSR count). The molecule has 0 saturated carbocycles. The molecule has 1 amide bonds. The normalized spacial score (nSPS) is 25.7. The van der Waals surface area contributed by atoms with Crippen LogP contribution in [0.5, 0.6) is 0 Å². The zero-order valence-electron chi connectivity index (χ0n) is 14.2. The molecule has 0 aliphatic carbocycles. The van der Waals surface area contributed by atoms with E-state index >= 15 is 0 Å². The zero-order chi connectivity index (χ0) is 16.1. The standard InChI is InChI=1S/C19H29N3O/c1-20-13-18-10-6-12-22(18)19(23)17-9-5-11-21(15-17)14-16-7-3-2-4-8-16/h2-4,7-8,17-18,20H,5-6,9-15H2,1H3. The van der Waals surface area contributed by atoms with Crippen molar-refractivity contribution < 1.29 is 4.79 Å². The number of amides is 1. The second-order valence-corrected chi connectivity index (χ2v) is 6.95. The Morgan fingerprint density at radius 2 is 1.96 bits per heavy atom. The van der Waals surface area contributed by atoms with E-state index in [2.05, 4.69) is 45.4 Å². The Balaban J connectivity index is 1.58. The van der Waals surface area contributed by atoms with Gasteiger partial charge in [-0.25, -0.2) is 0 Å². The highest BCUT2D eigenvalue weighted by Crippen LogP contribution is 2.25. The van der Waals surface area contributed by atoms with Gasteiger partial charge < -0.3 is 10.2 Å². The highest BCUT2D eigenvalue weighted by molar-refractivity contribution is 5.79. The number of likely N-dealkylation sites (N-methyl/N-ethyl adjacent to an activating group) is 1. The van der Waals surface area contributed by atoms with E-state index in [1.54, 1.807) is 0 Å². The average Bonchev–Trinajstić information content (AvgIpc) is 3.04. The molecule has 0 spiro atoms. The summed E-state index contributed by atoms with van der Waals surface area (Å²) >= 11 is 0. The topological polar surface area (TPSA) is 35.6 Å². The molecule has 2 unspecified atom stereocenters. The Morgan fingerprint density at radius 3 is 2.74 bits per heavy atom. The van der Waals surface area contributed by atoms with E-state index in [-0.39, 0.29) is 5.92 Å². The van der Waals surface area contributed by atoms with Crippen LogP contribution in [0.2, 0.25) is 0 Å². The lowest BCUT2D eigenvalue weighted by Gasteiger charge is -2.35. The van der Waals surface area contributed by atoms with Gasteiger partial charge in [0.25, 0.3) is 0 Å². The maximum absolute atomic E-state index is 13.0. The first-order chi connectivity index (χ1) is 11.3. The minimum atomic E-state index is 0.185. The molecule has 2 saturated heterocycles. The smallest absolute Gasteiger partial charge is 0.227 e. The molecular weight excluding hydrogens is 286 g/mol. The summed E-state index contributed by atoms with van der Waals surface area (Å²) in [6.07, 6.45) is 4.48. The lowest BCUT2D eigenvalue weighted by molar-refractivity contribution is -0.138. The molecule has 23 heavy (non-hydrogen) atoms. The maximum Gasteiger partial charge on any atom is 0.227 e. The molecule has 126 valence electrons. The number of likely N-dealkylation sites (tertiary alicyclic amines) is 2. The average molecular weight is 315 g/mol. The summed E-state index contributed by atoms with van der Waals surface area (Å²) in [7, 11) is 1.98. The van der Waals surface area contributed by atoms with Crippen molar-refractivity contribution in [1.29, 1.82) is 0 Å². The van der Waals surface area contributed by atoms with Crippen molar-refractivity contribution in [2.75, 3.05) is 33.2 Å². The van der Waals surface area contributed by atoms with Gasteiger partial charge in [-0.3, -0.25) is 9.69 Å². The Morgan fingerprint density at radius 1 is 1.17 bits per heavy atom. The molecule has 0 bridgehead atoms. The van der Waals surface area contributed by atoms with E-state index in [0.717, 1.165) is 58.4 Å². The Labute approximate surface area is 139 Å². The molecule has 2 heterocycles. The van der Waals surface area contributed by atoms with Crippen LogP contribution in [0.1, 0.15) is 31.2 Å². The van der Waals surface area contributed by atoms with Crippen molar-refractivity contribution >= 4 is 5.91 Å². The predicted octanol–water partition coefficient (Wildman–Crippen LogP) is 2.11. The SMILES string of the molecule is CNCC1CCCN1C(=O)C1CCCN(Cc2ccccc2)C1. The Kier molecular flexibility index (Phi) is 5.68. The van der Waals surface area contributed by atoms with Gasteiger partial charge in [0.1, 0.15) is 0 Å². The van der Waals surface area contributed by atoms with Crippen molar-refractivity contribution in [1.82, 2.24) is 15.1 Å². The van der Waals surface area contributed by atoms with Gasteiger partial charge in [-0.15, -0.1) is 0 Å². The van der Waals surface area contributed by atoms with Crippen LogP contribution in [0.15, 0.2) is 30.3 Å². The van der Waals surface area contributed by atoms with Gasteiger partial charge >= 0.3 is 0 Å². The van der Waals surface area contributed by atoms with Crippen LogP contribution >= 0.6 is 0 Å². The third kappa shape index (κ3) is 4.12. The minimum absolute atomic E-state index is 0.185. The van der Waals surface area contributed by atoms with E-state index in [1.807, 2.05) is 7.05 Å². The van der Waals surface area contributed by atoms with Crippen LogP contribution in [0, 0.1) is 5.92 Å². The van der Waals surface area contributed by atoms with Crippen LogP contribution in [0.4, 0.5) is 0 Å². The fourth-order valence-electron chi connectivity index (χ4n) is 4.05. The first-order valence-electron chi connectivity index (χ1n) is 8.99. The number of hydrogen-bond acceptors (Lipinski definition) is 3. The second-order valence-electron chi connectivity index (χ2n) is 6.95. The van der Waals surface area contributed by atoms with Crippen LogP contribution in [-0.4, -0.2) is 55.0 Å². The van der Waals surface area contributed by atoms with Gasteiger partial charge in [-0.05, 0) is 44.8 Å². The molecular formula is C19H29N3O. The van der Waals surface area contributed by atoms with E-state index in [4.69, 9.17) is 0 Å². The molecule has 1 aromatic rings. The maximum atomic E-state index is 13.0. The number of hydrogen-bond donors (Lipinski definition) is 1. The highest BCUT2D eigenvalue weighted by atomic mass is 16.2. The van der Waals surface area contributed by atoms with Crippen LogP contribution in [0.25, 0.3) is 0 Å². The highest BCUT2D eigenvalue weighted by Gasteiger charge is 2.34. The van der Waals surface area contributed by atoms with Crippen LogP contribution in [0.3, 0.4) is 0 Å². The lowest BCUT2D eigenvalue weighted by Crippen LogP contribution is -2.48. The molecule has 1 aromatic carbocycles. The van der Waals surface area contributed by atoms with Crippen molar-refractivity contribution in [3.05, 3.63) is 35.9 Å². The first kappa shape index (κ1) is 16.5. The van der Waals surface area contributed by atoms with Crippen LogP contribution in [-0.2, 0) is 11.3 Å². The summed E-state index contributed by atoms with van der Waals surface area (Å²) in [6, 6.07) is 11.0. The molecule has 4 heteroatoms. The molecule has 2 atom stereocenters. The fraction of sp³-hybridized carbons (Fsp3) is 0.632. The van der Waals surface area contributed by atoms with Crippen molar-refractivity contribution in [3.63, 3.8) is 0 Å². The number of rotatable bonds is 5. The fourth-order valence-corrected chi connectivity index (χ4v) is 4.05. The summed E-state index contributed by atoms with van der Waals surface area (Å²) in [5.74, 6) is 0.574. The molecule has 2 aliphatic rings. The third-order valence-electron chi connectivity index (χ3n) is 5.20. The molecule has 1 N–H and O–H groups in total. The Bertz CT molecular complexity index is 505. The van der Waals surface area contributed by atoms with Gasteiger partial charge in [-0.1, -0.05) is 30.3 Å². The molecule has 4 nitrogen and oxygen atoms in total. The number of piperidine rings is 1. The van der Waals surface area contributed by atoms with Crippen molar-refractivity contribution in [3.8, 4) is 0 Å². The summed E-state index contributed by atoms with van der Waals surface area (Å²) in [6.45, 7) is 4.85. The van der Waals surface area contributed by atoms with E-state index in [1.165, 1.54) is 5.56 Å². The minimum Gasteiger partial charge on any atom is -0.338 e. The van der Waals surface area contributed by atoms with Crippen molar-refractivity contribution in [2.24, 2.45) is 5.92 Å². The quantitative estimate of drug-likeness (QED) is 0.904. The molecule has 2 fully saturated rings. The summed E-state index contributed by atoms with van der Waals surface area (Å²) in [5.41, 5.74) is 1.34. The van der Waals surface area contributed by atoms with Gasteiger partial charge in [0.15, 0.2) is 0 Å². The van der Waals surface area contributed by atoms with Crippen LogP contribution < -0.4 is 5.32 Å². The van der Waals surface area contributed by atoms with Crippen molar-refractivity contribution in [2.45, 2.75) is 38.3 Å². The number of nitrogens with one attached hydrogen (secondary N) is 1. The zero-order valence-corrected chi connectivity index (χ0v) is 14.2. The molecule has 0 aromatic heterocycles. The summed E-state index contributed by atoms with van der Waals surface area (Å²) < 4.78 is 0. The number of benzene rings is 1. The molecule has 2 aliphatic heterocycles. The largest absolute Gasteiger partial charge is 0.338 e. The predicted molar refractivity (Wildman–Crippen MR) is 93.1 cm³/mol. The van der Waals surface area contributed by atoms with Gasteiger partial charge in [0.05, 0.1) is 5.92 Å². The number of carbonyl (C=O) groups is 1. The van der Waals surface area contributed by atoms with Gasteiger partial charge in [-0.2, -0.15) is 0 Å². The summed E-state index contributed by atoms with van der Waals surface area (Å²) in [4.78, 5) is 17.6. The first-order valence-corrected chi connectivity index (χ1v) is 8.99.